The smallest absolute Gasteiger partial charge is 0.252 e. The SMILES string of the molecule is Cc1cc2c3c(c1)N(c1cccc4oc5ccccc5c14)c1cc(-c4ccccc4)ccc1B3c1cc3c(cc1N2c1cc2c(cc1C)C(C)(C)CCC2(C)C)C(C)(C)CC3(C)C. The lowest BCUT2D eigenvalue weighted by molar-refractivity contribution is 0.332. The first-order valence-corrected chi connectivity index (χ1v) is 23.2. The minimum atomic E-state index is 0.0244. The van der Waals surface area contributed by atoms with Crippen LogP contribution in [0.5, 0.6) is 0 Å². The summed E-state index contributed by atoms with van der Waals surface area (Å²) in [5.74, 6) is 0. The van der Waals surface area contributed by atoms with Crippen molar-refractivity contribution >= 4 is 79.2 Å². The third-order valence-electron chi connectivity index (χ3n) is 15.8. The number of para-hydroxylation sites is 1. The second kappa shape index (κ2) is 12.8. The van der Waals surface area contributed by atoms with E-state index in [1.165, 1.54) is 102 Å². The highest BCUT2D eigenvalue weighted by molar-refractivity contribution is 7.00. The van der Waals surface area contributed by atoms with Gasteiger partial charge in [-0.2, -0.15) is 0 Å². The summed E-state index contributed by atoms with van der Waals surface area (Å²) >= 11 is 0. The van der Waals surface area contributed by atoms with Gasteiger partial charge in [0.05, 0.1) is 11.1 Å². The zero-order chi connectivity index (χ0) is 43.5. The molecule has 7 aromatic carbocycles. The van der Waals surface area contributed by atoms with Gasteiger partial charge < -0.3 is 14.2 Å². The highest BCUT2D eigenvalue weighted by Gasteiger charge is 2.49. The molecule has 3 heterocycles. The Kier molecular flexibility index (Phi) is 7.86. The van der Waals surface area contributed by atoms with Crippen molar-refractivity contribution < 1.29 is 4.42 Å². The molecular weight excluding hydrogens is 763 g/mol. The van der Waals surface area contributed by atoms with Gasteiger partial charge in [-0.1, -0.05) is 134 Å². The van der Waals surface area contributed by atoms with Crippen LogP contribution in [0.25, 0.3) is 33.1 Å². The molecule has 0 amide bonds. The summed E-state index contributed by atoms with van der Waals surface area (Å²) in [5, 5.41) is 2.28. The summed E-state index contributed by atoms with van der Waals surface area (Å²) in [6.07, 6.45) is 3.49. The number of furan rings is 1. The van der Waals surface area contributed by atoms with Crippen molar-refractivity contribution in [3.8, 4) is 11.1 Å². The van der Waals surface area contributed by atoms with Crippen molar-refractivity contribution in [2.45, 2.75) is 110 Å². The number of hydrogen-bond donors (Lipinski definition) is 0. The van der Waals surface area contributed by atoms with E-state index in [-0.39, 0.29) is 28.4 Å². The zero-order valence-electron chi connectivity index (χ0n) is 38.6. The van der Waals surface area contributed by atoms with Gasteiger partial charge in [0.1, 0.15) is 11.2 Å². The van der Waals surface area contributed by atoms with E-state index < -0.39 is 0 Å². The van der Waals surface area contributed by atoms with Crippen molar-refractivity contribution in [1.29, 1.82) is 0 Å². The first-order chi connectivity index (χ1) is 30.0. The van der Waals surface area contributed by atoms with Crippen molar-refractivity contribution in [1.82, 2.24) is 0 Å². The van der Waals surface area contributed by atoms with Crippen LogP contribution in [0, 0.1) is 13.8 Å². The lowest BCUT2D eigenvalue weighted by Gasteiger charge is -2.46. The van der Waals surface area contributed by atoms with E-state index in [9.17, 15) is 0 Å². The molecule has 3 nitrogen and oxygen atoms in total. The van der Waals surface area contributed by atoms with Crippen LogP contribution in [-0.2, 0) is 21.7 Å². The van der Waals surface area contributed by atoms with Crippen LogP contribution >= 0.6 is 0 Å². The molecule has 4 aliphatic rings. The third-order valence-corrected chi connectivity index (χ3v) is 15.8. The average Bonchev–Trinajstić information content (AvgIpc) is 3.72. The number of hydrogen-bond acceptors (Lipinski definition) is 3. The van der Waals surface area contributed by atoms with Gasteiger partial charge in [0, 0.05) is 33.8 Å². The van der Waals surface area contributed by atoms with Gasteiger partial charge in [-0.15, -0.1) is 0 Å². The van der Waals surface area contributed by atoms with Gasteiger partial charge >= 0.3 is 0 Å². The fraction of sp³-hybridized carbons (Fsp3) is 0.288. The van der Waals surface area contributed by atoms with Crippen LogP contribution < -0.4 is 26.2 Å². The first kappa shape index (κ1) is 38.7. The van der Waals surface area contributed by atoms with E-state index in [1.54, 1.807) is 0 Å². The fourth-order valence-electron chi connectivity index (χ4n) is 12.8. The minimum Gasteiger partial charge on any atom is -0.456 e. The second-order valence-corrected chi connectivity index (χ2v) is 22.1. The predicted octanol–water partition coefficient (Wildman–Crippen LogP) is 14.3. The predicted molar refractivity (Wildman–Crippen MR) is 269 cm³/mol. The first-order valence-electron chi connectivity index (χ1n) is 23.2. The molecule has 2 aliphatic heterocycles. The van der Waals surface area contributed by atoms with Gasteiger partial charge in [-0.3, -0.25) is 0 Å². The van der Waals surface area contributed by atoms with Crippen LogP contribution in [0.2, 0.25) is 0 Å². The van der Waals surface area contributed by atoms with Crippen LogP contribution in [0.15, 0.2) is 132 Å². The van der Waals surface area contributed by atoms with E-state index in [2.05, 4.69) is 206 Å². The van der Waals surface area contributed by atoms with Crippen LogP contribution in [0.3, 0.4) is 0 Å². The van der Waals surface area contributed by atoms with Gasteiger partial charge in [0.15, 0.2) is 0 Å². The lowest BCUT2D eigenvalue weighted by Crippen LogP contribution is -2.61. The molecule has 312 valence electrons. The maximum absolute atomic E-state index is 6.61. The Morgan fingerprint density at radius 2 is 1.05 bits per heavy atom. The van der Waals surface area contributed by atoms with Gasteiger partial charge in [0.25, 0.3) is 6.71 Å². The molecule has 2 aliphatic carbocycles. The molecule has 12 rings (SSSR count). The van der Waals surface area contributed by atoms with Gasteiger partial charge in [-0.05, 0) is 164 Å². The summed E-state index contributed by atoms with van der Waals surface area (Å²) in [6, 6.07) is 48.7. The van der Waals surface area contributed by atoms with E-state index >= 15 is 0 Å². The molecule has 0 bridgehead atoms. The lowest BCUT2D eigenvalue weighted by atomic mass is 9.33. The molecule has 0 atom stereocenters. The van der Waals surface area contributed by atoms with Crippen molar-refractivity contribution in [2.24, 2.45) is 0 Å². The summed E-state index contributed by atoms with van der Waals surface area (Å²) in [6.45, 7) is 24.4. The van der Waals surface area contributed by atoms with E-state index in [4.69, 9.17) is 4.42 Å². The molecule has 0 spiro atoms. The quantitative estimate of drug-likeness (QED) is 0.166. The summed E-state index contributed by atoms with van der Waals surface area (Å²) in [4.78, 5) is 5.28. The molecule has 0 radical (unpaired) electrons. The Morgan fingerprint density at radius 3 is 1.78 bits per heavy atom. The number of fused-ring (bicyclic) bond motifs is 9. The maximum atomic E-state index is 6.61. The highest BCUT2D eigenvalue weighted by Crippen LogP contribution is 2.55. The third kappa shape index (κ3) is 5.46. The Bertz CT molecular complexity index is 3260. The molecule has 8 aromatic rings. The normalized spacial score (nSPS) is 18.2. The Hall–Kier alpha value is -6.00. The Balaban J connectivity index is 1.21. The second-order valence-electron chi connectivity index (χ2n) is 22.1. The van der Waals surface area contributed by atoms with Gasteiger partial charge in [-0.25, -0.2) is 0 Å². The summed E-state index contributed by atoms with van der Waals surface area (Å²) in [7, 11) is 0. The fourth-order valence-corrected chi connectivity index (χ4v) is 12.8. The van der Waals surface area contributed by atoms with Crippen LogP contribution in [0.1, 0.15) is 108 Å². The van der Waals surface area contributed by atoms with Crippen LogP contribution in [0.4, 0.5) is 34.1 Å². The maximum Gasteiger partial charge on any atom is 0.252 e. The highest BCUT2D eigenvalue weighted by atomic mass is 16.3. The number of aryl methyl sites for hydroxylation is 2. The standard InChI is InChI=1S/C59H57BN2O/c1-35-27-50-55-51(28-35)62(47-32-42-40(29-36(47)2)56(3,4)25-26-57(42,5)6)49-33-43-41(58(7,8)34-59(43,9)10)31-45(49)60(55)44-24-23-38(37-17-12-11-13-18-37)30-48(44)61(50)46-20-16-22-53-54(46)39-19-14-15-21-52(39)63-53/h11-24,27-33H,25-26,34H2,1-10H3. The van der Waals surface area contributed by atoms with Crippen molar-refractivity contribution in [3.05, 3.63) is 161 Å². The van der Waals surface area contributed by atoms with E-state index in [1.807, 2.05) is 0 Å². The largest absolute Gasteiger partial charge is 0.456 e. The van der Waals surface area contributed by atoms with E-state index in [0.717, 1.165) is 34.0 Å². The Morgan fingerprint density at radius 1 is 0.460 bits per heavy atom. The molecular formula is C59H57BN2O. The molecule has 0 saturated heterocycles. The molecule has 0 N–H and O–H groups in total. The Labute approximate surface area is 373 Å². The molecule has 4 heteroatoms. The molecule has 0 saturated carbocycles. The van der Waals surface area contributed by atoms with Crippen molar-refractivity contribution in [3.63, 3.8) is 0 Å². The van der Waals surface area contributed by atoms with Crippen LogP contribution in [-0.4, -0.2) is 6.71 Å². The van der Waals surface area contributed by atoms with Crippen molar-refractivity contribution in [2.75, 3.05) is 9.80 Å². The van der Waals surface area contributed by atoms with E-state index in [0.29, 0.717) is 0 Å². The minimum absolute atomic E-state index is 0.0244. The molecule has 0 unspecified atom stereocenters. The summed E-state index contributed by atoms with van der Waals surface area (Å²) in [5.41, 5.74) is 24.7. The number of nitrogens with zero attached hydrogens (tertiary/aromatic N) is 2. The number of rotatable bonds is 3. The molecule has 0 fully saturated rings. The summed E-state index contributed by atoms with van der Waals surface area (Å²) < 4.78 is 6.61. The number of benzene rings is 7. The number of anilines is 6. The van der Waals surface area contributed by atoms with Gasteiger partial charge in [0.2, 0.25) is 0 Å². The zero-order valence-corrected chi connectivity index (χ0v) is 38.6. The molecule has 63 heavy (non-hydrogen) atoms. The average molecular weight is 821 g/mol. The molecule has 1 aromatic heterocycles. The monoisotopic (exact) mass is 820 g/mol. The topological polar surface area (TPSA) is 19.6 Å².